The Kier molecular flexibility index (Phi) is 3.75. The summed E-state index contributed by atoms with van der Waals surface area (Å²) in [4.78, 5) is 5.41. The van der Waals surface area contributed by atoms with Crippen LogP contribution in [0.4, 0.5) is 0 Å². The Morgan fingerprint density at radius 3 is 2.70 bits per heavy atom. The first-order chi connectivity index (χ1) is 9.86. The number of nitrogens with one attached hydrogen (secondary N) is 1. The van der Waals surface area contributed by atoms with Gasteiger partial charge in [-0.15, -0.1) is 0 Å². The predicted octanol–water partition coefficient (Wildman–Crippen LogP) is 0.783. The Bertz CT molecular complexity index is 337. The average Bonchev–Trinajstić information content (AvgIpc) is 2.95. The Balaban J connectivity index is 1.25. The standard InChI is InChI=1S/C16H29N3O/c1-6-18(13-15(1)19-7-9-20-10-8-19)12-14-11-16(14)2-4-17-5-3-16/h14-15,17H,1-13H2. The predicted molar refractivity (Wildman–Crippen MR) is 79.9 cm³/mol. The van der Waals surface area contributed by atoms with Gasteiger partial charge < -0.3 is 15.0 Å². The monoisotopic (exact) mass is 279 g/mol. The van der Waals surface area contributed by atoms with Crippen molar-refractivity contribution in [1.29, 1.82) is 0 Å². The van der Waals surface area contributed by atoms with Gasteiger partial charge in [0.05, 0.1) is 13.2 Å². The van der Waals surface area contributed by atoms with Crippen LogP contribution in [-0.4, -0.2) is 74.9 Å². The molecule has 114 valence electrons. The first-order valence-corrected chi connectivity index (χ1v) is 8.61. The zero-order chi connectivity index (χ0) is 13.4. The molecule has 2 unspecified atom stereocenters. The van der Waals surface area contributed by atoms with E-state index in [9.17, 15) is 0 Å². The summed E-state index contributed by atoms with van der Waals surface area (Å²) in [5.74, 6) is 1.01. The summed E-state index contributed by atoms with van der Waals surface area (Å²) in [6.45, 7) is 10.7. The van der Waals surface area contributed by atoms with E-state index in [-0.39, 0.29) is 0 Å². The van der Waals surface area contributed by atoms with Gasteiger partial charge in [-0.05, 0) is 56.7 Å². The maximum Gasteiger partial charge on any atom is 0.0594 e. The molecule has 0 amide bonds. The first-order valence-electron chi connectivity index (χ1n) is 8.61. The third-order valence-corrected chi connectivity index (χ3v) is 6.25. The van der Waals surface area contributed by atoms with Gasteiger partial charge in [0.15, 0.2) is 0 Å². The molecule has 0 aromatic heterocycles. The lowest BCUT2D eigenvalue weighted by atomic mass is 9.92. The summed E-state index contributed by atoms with van der Waals surface area (Å²) in [5, 5.41) is 3.51. The Morgan fingerprint density at radius 1 is 1.10 bits per heavy atom. The molecule has 4 heteroatoms. The largest absolute Gasteiger partial charge is 0.379 e. The number of rotatable bonds is 3. The Morgan fingerprint density at radius 2 is 1.90 bits per heavy atom. The number of nitrogens with zero attached hydrogens (tertiary/aromatic N) is 2. The maximum absolute atomic E-state index is 5.47. The van der Waals surface area contributed by atoms with Crippen LogP contribution in [-0.2, 0) is 4.74 Å². The fourth-order valence-electron chi connectivity index (χ4n) is 4.76. The summed E-state index contributed by atoms with van der Waals surface area (Å²) in [6.07, 6.45) is 5.74. The second-order valence-electron chi connectivity index (χ2n) is 7.36. The molecule has 3 saturated heterocycles. The van der Waals surface area contributed by atoms with Crippen molar-refractivity contribution in [2.24, 2.45) is 11.3 Å². The second kappa shape index (κ2) is 5.56. The molecule has 0 aromatic rings. The minimum absolute atomic E-state index is 0.752. The summed E-state index contributed by atoms with van der Waals surface area (Å²) in [7, 11) is 0. The minimum Gasteiger partial charge on any atom is -0.379 e. The molecule has 0 aromatic carbocycles. The van der Waals surface area contributed by atoms with Crippen LogP contribution >= 0.6 is 0 Å². The molecule has 2 atom stereocenters. The van der Waals surface area contributed by atoms with E-state index in [1.807, 2.05) is 0 Å². The molecule has 3 aliphatic heterocycles. The number of hydrogen-bond donors (Lipinski definition) is 1. The van der Waals surface area contributed by atoms with Crippen LogP contribution in [0.15, 0.2) is 0 Å². The summed E-state index contributed by atoms with van der Waals surface area (Å²) in [6, 6.07) is 0.807. The number of piperidine rings is 1. The highest BCUT2D eigenvalue weighted by Gasteiger charge is 2.54. The Hall–Kier alpha value is -0.160. The molecule has 4 nitrogen and oxygen atoms in total. The number of morpholine rings is 1. The van der Waals surface area contributed by atoms with Crippen LogP contribution in [0.3, 0.4) is 0 Å². The zero-order valence-corrected chi connectivity index (χ0v) is 12.6. The van der Waals surface area contributed by atoms with Crippen molar-refractivity contribution in [2.75, 3.05) is 59.0 Å². The smallest absolute Gasteiger partial charge is 0.0594 e. The normalized spacial score (nSPS) is 38.4. The SMILES string of the molecule is C1CC2(CCN1)CC2CN1CCC(N2CCOCC2)C1. The van der Waals surface area contributed by atoms with Gasteiger partial charge in [0, 0.05) is 32.2 Å². The van der Waals surface area contributed by atoms with Crippen LogP contribution in [0.5, 0.6) is 0 Å². The molecule has 1 N–H and O–H groups in total. The van der Waals surface area contributed by atoms with Crippen LogP contribution in [0.1, 0.15) is 25.7 Å². The van der Waals surface area contributed by atoms with E-state index < -0.39 is 0 Å². The van der Waals surface area contributed by atoms with Gasteiger partial charge >= 0.3 is 0 Å². The van der Waals surface area contributed by atoms with E-state index in [2.05, 4.69) is 15.1 Å². The number of hydrogen-bond acceptors (Lipinski definition) is 4. The molecular formula is C16H29N3O. The van der Waals surface area contributed by atoms with Gasteiger partial charge in [-0.2, -0.15) is 0 Å². The number of ether oxygens (including phenoxy) is 1. The molecule has 1 saturated carbocycles. The second-order valence-corrected chi connectivity index (χ2v) is 7.36. The molecule has 20 heavy (non-hydrogen) atoms. The van der Waals surface area contributed by atoms with Crippen LogP contribution in [0, 0.1) is 11.3 Å². The van der Waals surface area contributed by atoms with Crippen molar-refractivity contribution in [3.8, 4) is 0 Å². The van der Waals surface area contributed by atoms with Crippen LogP contribution in [0.2, 0.25) is 0 Å². The molecular weight excluding hydrogens is 250 g/mol. The summed E-state index contributed by atoms with van der Waals surface area (Å²) < 4.78 is 5.47. The lowest BCUT2D eigenvalue weighted by Crippen LogP contribution is -2.44. The van der Waals surface area contributed by atoms with E-state index in [1.54, 1.807) is 0 Å². The molecule has 4 aliphatic rings. The van der Waals surface area contributed by atoms with E-state index in [4.69, 9.17) is 4.74 Å². The van der Waals surface area contributed by atoms with E-state index in [0.29, 0.717) is 0 Å². The van der Waals surface area contributed by atoms with Gasteiger partial charge in [0.2, 0.25) is 0 Å². The van der Waals surface area contributed by atoms with Gasteiger partial charge in [-0.3, -0.25) is 4.90 Å². The van der Waals surface area contributed by atoms with Crippen molar-refractivity contribution in [1.82, 2.24) is 15.1 Å². The summed E-state index contributed by atoms with van der Waals surface area (Å²) >= 11 is 0. The molecule has 4 fully saturated rings. The fraction of sp³-hybridized carbons (Fsp3) is 1.00. The molecule has 4 rings (SSSR count). The molecule has 0 bridgehead atoms. The van der Waals surface area contributed by atoms with Gasteiger partial charge in [0.1, 0.15) is 0 Å². The number of likely N-dealkylation sites (tertiary alicyclic amines) is 1. The van der Waals surface area contributed by atoms with Crippen molar-refractivity contribution in [3.05, 3.63) is 0 Å². The summed E-state index contributed by atoms with van der Waals surface area (Å²) in [5.41, 5.74) is 0.752. The van der Waals surface area contributed by atoms with Gasteiger partial charge in [-0.1, -0.05) is 0 Å². The topological polar surface area (TPSA) is 27.7 Å². The van der Waals surface area contributed by atoms with Crippen molar-refractivity contribution >= 4 is 0 Å². The molecule has 0 radical (unpaired) electrons. The van der Waals surface area contributed by atoms with Crippen molar-refractivity contribution < 1.29 is 4.74 Å². The third kappa shape index (κ3) is 2.63. The quantitative estimate of drug-likeness (QED) is 0.826. The van der Waals surface area contributed by atoms with Crippen molar-refractivity contribution in [3.63, 3.8) is 0 Å². The minimum atomic E-state index is 0.752. The Labute approximate surface area is 122 Å². The van der Waals surface area contributed by atoms with Gasteiger partial charge in [-0.25, -0.2) is 0 Å². The van der Waals surface area contributed by atoms with E-state index in [0.717, 1.165) is 43.7 Å². The zero-order valence-electron chi connectivity index (χ0n) is 12.6. The molecule has 3 heterocycles. The average molecular weight is 279 g/mol. The fourth-order valence-corrected chi connectivity index (χ4v) is 4.76. The van der Waals surface area contributed by atoms with E-state index >= 15 is 0 Å². The molecule has 1 aliphatic carbocycles. The lowest BCUT2D eigenvalue weighted by molar-refractivity contribution is 0.0183. The molecule has 1 spiro atoms. The maximum atomic E-state index is 5.47. The van der Waals surface area contributed by atoms with Crippen molar-refractivity contribution in [2.45, 2.75) is 31.7 Å². The highest BCUT2D eigenvalue weighted by atomic mass is 16.5. The van der Waals surface area contributed by atoms with Crippen LogP contribution < -0.4 is 5.32 Å². The lowest BCUT2D eigenvalue weighted by Gasteiger charge is -2.32. The van der Waals surface area contributed by atoms with E-state index in [1.165, 1.54) is 58.4 Å². The highest BCUT2D eigenvalue weighted by molar-refractivity contribution is 5.06. The highest BCUT2D eigenvalue weighted by Crippen LogP contribution is 2.58. The first kappa shape index (κ1) is 13.5. The van der Waals surface area contributed by atoms with Gasteiger partial charge in [0.25, 0.3) is 0 Å². The third-order valence-electron chi connectivity index (χ3n) is 6.25. The van der Waals surface area contributed by atoms with Crippen LogP contribution in [0.25, 0.3) is 0 Å².